The van der Waals surface area contributed by atoms with Gasteiger partial charge in [-0.1, -0.05) is 6.92 Å². The van der Waals surface area contributed by atoms with E-state index >= 15 is 0 Å². The van der Waals surface area contributed by atoms with Gasteiger partial charge in [-0.25, -0.2) is 0 Å². The number of piperidine rings is 2. The number of ketones is 1. The van der Waals surface area contributed by atoms with E-state index in [1.165, 1.54) is 0 Å². The van der Waals surface area contributed by atoms with Crippen molar-refractivity contribution < 1.29 is 19.7 Å². The average Bonchev–Trinajstić information content (AvgIpc) is 2.38. The molecule has 2 N–H and O–H groups in total. The number of rotatable bonds is 0. The summed E-state index contributed by atoms with van der Waals surface area (Å²) in [5, 5.41) is 36.4. The maximum absolute atomic E-state index is 13.6. The molecule has 6 atom stereocenters. The van der Waals surface area contributed by atoms with Crippen molar-refractivity contribution in [1.82, 2.24) is 0 Å². The second-order valence-electron chi connectivity index (χ2n) is 8.06. The summed E-state index contributed by atoms with van der Waals surface area (Å²) in [6.07, 6.45) is 3.67. The second kappa shape index (κ2) is 3.88. The van der Waals surface area contributed by atoms with E-state index in [9.17, 15) is 20.2 Å². The lowest BCUT2D eigenvalue weighted by atomic mass is 9.44. The number of hydrogen-bond acceptors (Lipinski definition) is 4. The van der Waals surface area contributed by atoms with Gasteiger partial charge in [0.05, 0.1) is 13.1 Å². The summed E-state index contributed by atoms with van der Waals surface area (Å²) >= 11 is 0. The average molecular weight is 295 g/mol. The van der Waals surface area contributed by atoms with Crippen LogP contribution in [-0.4, -0.2) is 50.5 Å². The maximum atomic E-state index is 13.6. The number of quaternary nitrogens is 1. The highest BCUT2D eigenvalue weighted by Gasteiger charge is 2.81. The minimum absolute atomic E-state index is 0.154. The number of Topliss-reactive ketones (excluding diaryl/α,β-unsaturated/α-hetero) is 1. The molecule has 4 fully saturated rings. The first-order chi connectivity index (χ1) is 9.79. The smallest absolute Gasteiger partial charge is 0.181 e. The van der Waals surface area contributed by atoms with Gasteiger partial charge >= 0.3 is 0 Å². The Morgan fingerprint density at radius 1 is 1.24 bits per heavy atom. The van der Waals surface area contributed by atoms with Crippen molar-refractivity contribution in [2.45, 2.75) is 68.6 Å². The summed E-state index contributed by atoms with van der Waals surface area (Å²) in [5.41, 5.74) is -4.00. The molecule has 118 valence electrons. The molecule has 0 amide bonds. The van der Waals surface area contributed by atoms with Gasteiger partial charge in [0.15, 0.2) is 16.9 Å². The van der Waals surface area contributed by atoms with Gasteiger partial charge in [-0.05, 0) is 31.6 Å². The molecule has 1 spiro atoms. The maximum Gasteiger partial charge on any atom is 0.181 e. The predicted molar refractivity (Wildman–Crippen MR) is 76.0 cm³/mol. The van der Waals surface area contributed by atoms with E-state index in [0.29, 0.717) is 45.2 Å². The van der Waals surface area contributed by atoms with E-state index in [4.69, 9.17) is 0 Å². The largest absolute Gasteiger partial charge is 0.632 e. The highest BCUT2D eigenvalue weighted by Crippen LogP contribution is 2.65. The van der Waals surface area contributed by atoms with Crippen LogP contribution in [0.3, 0.4) is 0 Å². The van der Waals surface area contributed by atoms with Gasteiger partial charge in [-0.3, -0.25) is 4.79 Å². The van der Waals surface area contributed by atoms with Crippen LogP contribution in [0.15, 0.2) is 0 Å². The molecule has 5 heteroatoms. The first kappa shape index (κ1) is 14.1. The number of carbonyl (C=O) groups excluding carboxylic acids is 1. The zero-order valence-corrected chi connectivity index (χ0v) is 12.7. The van der Waals surface area contributed by atoms with Crippen LogP contribution in [0.4, 0.5) is 0 Å². The molecule has 2 unspecified atom stereocenters. The van der Waals surface area contributed by atoms with Gasteiger partial charge in [-0.2, -0.15) is 0 Å². The second-order valence-corrected chi connectivity index (χ2v) is 8.06. The third-order valence-electron chi connectivity index (χ3n) is 7.13. The Morgan fingerprint density at radius 2 is 1.90 bits per heavy atom. The van der Waals surface area contributed by atoms with Crippen LogP contribution in [0.25, 0.3) is 0 Å². The Balaban J connectivity index is 2.00. The van der Waals surface area contributed by atoms with Crippen molar-refractivity contribution in [2.75, 3.05) is 13.1 Å². The first-order valence-electron chi connectivity index (χ1n) is 8.35. The van der Waals surface area contributed by atoms with Crippen LogP contribution in [0.1, 0.15) is 51.9 Å². The lowest BCUT2D eigenvalue weighted by molar-refractivity contribution is -0.964. The summed E-state index contributed by atoms with van der Waals surface area (Å²) in [6.45, 7) is 2.94. The van der Waals surface area contributed by atoms with E-state index in [1.54, 1.807) is 0 Å². The molecule has 2 aliphatic carbocycles. The van der Waals surface area contributed by atoms with Crippen molar-refractivity contribution >= 4 is 5.78 Å². The molecule has 21 heavy (non-hydrogen) atoms. The fourth-order valence-electron chi connectivity index (χ4n) is 6.49. The van der Waals surface area contributed by atoms with Gasteiger partial charge in [0.25, 0.3) is 0 Å². The van der Waals surface area contributed by atoms with E-state index in [-0.39, 0.29) is 24.0 Å². The van der Waals surface area contributed by atoms with Crippen LogP contribution in [0, 0.1) is 17.0 Å². The number of hydroxylamine groups is 3. The molecule has 2 saturated carbocycles. The predicted octanol–water partition coefficient (Wildman–Crippen LogP) is 1.11. The first-order valence-corrected chi connectivity index (χ1v) is 8.35. The van der Waals surface area contributed by atoms with Gasteiger partial charge in [0.1, 0.15) is 5.60 Å². The van der Waals surface area contributed by atoms with Crippen LogP contribution in [0.2, 0.25) is 0 Å². The van der Waals surface area contributed by atoms with E-state index in [0.717, 1.165) is 6.42 Å². The van der Waals surface area contributed by atoms with E-state index in [2.05, 4.69) is 6.92 Å². The van der Waals surface area contributed by atoms with Crippen LogP contribution < -0.4 is 0 Å². The minimum atomic E-state index is -1.62. The van der Waals surface area contributed by atoms with Crippen molar-refractivity contribution in [3.05, 3.63) is 5.21 Å². The molecule has 5 nitrogen and oxygen atoms in total. The highest BCUT2D eigenvalue weighted by atomic mass is 16.6. The van der Waals surface area contributed by atoms with Crippen LogP contribution in [-0.2, 0) is 4.79 Å². The number of hydrogen-bond donors (Lipinski definition) is 2. The zero-order chi connectivity index (χ0) is 15.1. The van der Waals surface area contributed by atoms with Gasteiger partial charge in [0, 0.05) is 25.2 Å². The number of aliphatic hydroxyl groups is 2. The molecule has 0 aromatic heterocycles. The van der Waals surface area contributed by atoms with E-state index in [1.807, 2.05) is 0 Å². The van der Waals surface area contributed by atoms with Crippen LogP contribution in [0.5, 0.6) is 0 Å². The molecule has 2 heterocycles. The molecular weight excluding hydrogens is 270 g/mol. The third-order valence-corrected chi connectivity index (χ3v) is 7.13. The van der Waals surface area contributed by atoms with Crippen molar-refractivity contribution in [3.63, 3.8) is 0 Å². The highest BCUT2D eigenvalue weighted by molar-refractivity contribution is 5.91. The van der Waals surface area contributed by atoms with Crippen LogP contribution >= 0.6 is 0 Å². The lowest BCUT2D eigenvalue weighted by Crippen LogP contribution is -2.91. The molecule has 0 aromatic rings. The van der Waals surface area contributed by atoms with Gasteiger partial charge in [-0.15, -0.1) is 0 Å². The monoisotopic (exact) mass is 295 g/mol. The lowest BCUT2D eigenvalue weighted by Gasteiger charge is -2.76. The molecule has 2 bridgehead atoms. The molecule has 2 aliphatic heterocycles. The standard InChI is InChI=1S/C16H25NO4/c1-11-8-12-9-13(18)15(20)5-3-7-17(21)6-2-4-14(12,19)16(15,17)10-11/h11-12,19-20H,2-10H2,1H3/t11?,12-,14-,15-,16+,17?/m0/s1. The Hall–Kier alpha value is -0.490. The number of nitrogens with zero attached hydrogens (tertiary/aromatic N) is 1. The third kappa shape index (κ3) is 1.31. The van der Waals surface area contributed by atoms with Gasteiger partial charge in [0.2, 0.25) is 0 Å². The normalized spacial score (nSPS) is 59.5. The Morgan fingerprint density at radius 3 is 2.62 bits per heavy atom. The van der Waals surface area contributed by atoms with Crippen molar-refractivity contribution in [3.8, 4) is 0 Å². The summed E-state index contributed by atoms with van der Waals surface area (Å²) < 4.78 is -0.549. The van der Waals surface area contributed by atoms with Gasteiger partial charge < -0.3 is 20.1 Å². The minimum Gasteiger partial charge on any atom is -0.632 e. The Kier molecular flexibility index (Phi) is 2.61. The summed E-state index contributed by atoms with van der Waals surface area (Å²) in [6, 6.07) is 0. The van der Waals surface area contributed by atoms with Crippen molar-refractivity contribution in [2.24, 2.45) is 11.8 Å². The SMILES string of the molecule is CC1C[C@H]2CC(=O)[C@@]3(O)CCC[N+]4([O-])CCC[C@@]2(O)[C@]34C1. The Labute approximate surface area is 125 Å². The summed E-state index contributed by atoms with van der Waals surface area (Å²) in [4.78, 5) is 12.7. The number of carbonyl (C=O) groups is 1. The molecule has 0 radical (unpaired) electrons. The quantitative estimate of drug-likeness (QED) is 0.518. The summed E-state index contributed by atoms with van der Waals surface area (Å²) in [5.74, 6) is -0.0690. The molecule has 4 aliphatic rings. The molecular formula is C16H25NO4. The summed E-state index contributed by atoms with van der Waals surface area (Å²) in [7, 11) is 0. The molecule has 4 rings (SSSR count). The topological polar surface area (TPSA) is 80.6 Å². The molecule has 0 aromatic carbocycles. The van der Waals surface area contributed by atoms with E-state index < -0.39 is 21.4 Å². The fourth-order valence-corrected chi connectivity index (χ4v) is 6.49. The van der Waals surface area contributed by atoms with Crippen molar-refractivity contribution in [1.29, 1.82) is 0 Å². The zero-order valence-electron chi connectivity index (χ0n) is 12.7. The Bertz CT molecular complexity index is 507. The fraction of sp³-hybridized carbons (Fsp3) is 0.938. The molecule has 2 saturated heterocycles.